The Balaban J connectivity index is 3.01. The zero-order valence-corrected chi connectivity index (χ0v) is 16.1. The molecule has 1 aromatic carbocycles. The van der Waals surface area contributed by atoms with E-state index in [0.717, 1.165) is 12.7 Å². The van der Waals surface area contributed by atoms with Gasteiger partial charge in [0.25, 0.3) is 0 Å². The summed E-state index contributed by atoms with van der Waals surface area (Å²) in [7, 11) is 0. The third-order valence-corrected chi connectivity index (χ3v) is 4.21. The predicted octanol–water partition coefficient (Wildman–Crippen LogP) is 2.46. The third kappa shape index (κ3) is 5.89. The zero-order valence-electron chi connectivity index (χ0n) is 11.8. The number of amides is 1. The lowest BCUT2D eigenvalue weighted by Crippen LogP contribution is -2.40. The molecule has 0 bridgehead atoms. The molecular weight excluding hydrogens is 500 g/mol. The zero-order chi connectivity index (χ0) is 16.2. The first-order valence-electron chi connectivity index (χ1n) is 6.14. The standard InChI is InChI=1S/C14H15I2NO4/c1-7(18)13(17-8(2)19)6-10-4-11(15)14(12(16)5-10)21-9(3)20/h4-5,13H,6H2,1-3H3,(H,17,19)/t13-/m0/s1. The van der Waals surface area contributed by atoms with E-state index in [1.54, 1.807) is 0 Å². The first-order chi connectivity index (χ1) is 9.70. The summed E-state index contributed by atoms with van der Waals surface area (Å²) in [5.74, 6) is -0.194. The summed E-state index contributed by atoms with van der Waals surface area (Å²) >= 11 is 4.16. The maximum Gasteiger partial charge on any atom is 0.308 e. The molecule has 1 N–H and O–H groups in total. The first kappa shape index (κ1) is 18.3. The lowest BCUT2D eigenvalue weighted by atomic mass is 10.0. The first-order valence-corrected chi connectivity index (χ1v) is 8.30. The lowest BCUT2D eigenvalue weighted by Gasteiger charge is -2.16. The van der Waals surface area contributed by atoms with Crippen LogP contribution in [-0.2, 0) is 20.8 Å². The molecule has 21 heavy (non-hydrogen) atoms. The van der Waals surface area contributed by atoms with Gasteiger partial charge in [-0.15, -0.1) is 0 Å². The molecule has 0 saturated heterocycles. The van der Waals surface area contributed by atoms with Crippen LogP contribution in [-0.4, -0.2) is 23.7 Å². The van der Waals surface area contributed by atoms with Gasteiger partial charge in [-0.2, -0.15) is 0 Å². The number of halogens is 2. The molecule has 0 heterocycles. The van der Waals surface area contributed by atoms with E-state index < -0.39 is 6.04 Å². The minimum absolute atomic E-state index is 0.0979. The smallest absolute Gasteiger partial charge is 0.308 e. The van der Waals surface area contributed by atoms with Gasteiger partial charge in [-0.1, -0.05) is 0 Å². The van der Waals surface area contributed by atoms with Crippen LogP contribution in [0, 0.1) is 7.14 Å². The predicted molar refractivity (Wildman–Crippen MR) is 95.2 cm³/mol. The molecule has 0 aromatic heterocycles. The van der Waals surface area contributed by atoms with E-state index >= 15 is 0 Å². The SMILES string of the molecule is CC(=O)N[C@@H](Cc1cc(I)c(OC(C)=O)c(I)c1)C(C)=O. The summed E-state index contributed by atoms with van der Waals surface area (Å²) in [6, 6.07) is 3.14. The summed E-state index contributed by atoms with van der Waals surface area (Å²) in [5, 5.41) is 2.63. The van der Waals surface area contributed by atoms with Crippen LogP contribution in [0.4, 0.5) is 0 Å². The number of benzene rings is 1. The molecule has 0 aliphatic carbocycles. The molecule has 1 amide bonds. The molecule has 0 radical (unpaired) electrons. The maximum absolute atomic E-state index is 11.6. The molecule has 114 valence electrons. The topological polar surface area (TPSA) is 72.5 Å². The van der Waals surface area contributed by atoms with Crippen LogP contribution in [0.1, 0.15) is 26.3 Å². The van der Waals surface area contributed by atoms with E-state index in [-0.39, 0.29) is 17.7 Å². The minimum Gasteiger partial charge on any atom is -0.424 e. The van der Waals surface area contributed by atoms with Crippen LogP contribution in [0.3, 0.4) is 0 Å². The number of hydrogen-bond donors (Lipinski definition) is 1. The minimum atomic E-state index is -0.548. The molecule has 1 atom stereocenters. The highest BCUT2D eigenvalue weighted by Gasteiger charge is 2.18. The summed E-state index contributed by atoms with van der Waals surface area (Å²) < 4.78 is 6.73. The second-order valence-electron chi connectivity index (χ2n) is 4.55. The van der Waals surface area contributed by atoms with Crippen molar-refractivity contribution < 1.29 is 19.1 Å². The van der Waals surface area contributed by atoms with Crippen molar-refractivity contribution in [2.45, 2.75) is 33.2 Å². The fraction of sp³-hybridized carbons (Fsp3) is 0.357. The van der Waals surface area contributed by atoms with Crippen molar-refractivity contribution in [2.24, 2.45) is 0 Å². The van der Waals surface area contributed by atoms with Crippen LogP contribution >= 0.6 is 45.2 Å². The summed E-state index contributed by atoms with van der Waals surface area (Å²) in [5.41, 5.74) is 0.897. The number of ether oxygens (including phenoxy) is 1. The van der Waals surface area contributed by atoms with E-state index in [2.05, 4.69) is 50.5 Å². The Morgan fingerprint density at radius 1 is 1.14 bits per heavy atom. The molecule has 7 heteroatoms. The number of hydrogen-bond acceptors (Lipinski definition) is 4. The normalized spacial score (nSPS) is 11.7. The molecule has 0 spiro atoms. The molecule has 0 aliphatic rings. The highest BCUT2D eigenvalue weighted by Crippen LogP contribution is 2.29. The molecule has 1 aromatic rings. The molecule has 0 saturated carbocycles. The number of carbonyl (C=O) groups is 3. The lowest BCUT2D eigenvalue weighted by molar-refractivity contribution is -0.132. The van der Waals surface area contributed by atoms with Crippen molar-refractivity contribution in [3.8, 4) is 5.75 Å². The average Bonchev–Trinajstić information content (AvgIpc) is 2.32. The summed E-state index contributed by atoms with van der Waals surface area (Å²) in [6.07, 6.45) is 0.404. The fourth-order valence-corrected chi connectivity index (χ4v) is 3.87. The van der Waals surface area contributed by atoms with E-state index in [1.165, 1.54) is 20.8 Å². The van der Waals surface area contributed by atoms with Crippen molar-refractivity contribution >= 4 is 62.8 Å². The third-order valence-electron chi connectivity index (χ3n) is 2.61. The number of carbonyl (C=O) groups excluding carboxylic acids is 3. The van der Waals surface area contributed by atoms with Crippen molar-refractivity contribution in [2.75, 3.05) is 0 Å². The Kier molecular flexibility index (Phi) is 7.04. The van der Waals surface area contributed by atoms with Crippen molar-refractivity contribution in [3.05, 3.63) is 24.8 Å². The van der Waals surface area contributed by atoms with Gasteiger partial charge in [0.2, 0.25) is 5.91 Å². The Morgan fingerprint density at radius 3 is 2.05 bits per heavy atom. The molecular formula is C14H15I2NO4. The molecule has 0 unspecified atom stereocenters. The Morgan fingerprint density at radius 2 is 1.67 bits per heavy atom. The number of esters is 1. The van der Waals surface area contributed by atoms with E-state index in [4.69, 9.17) is 4.74 Å². The average molecular weight is 515 g/mol. The highest BCUT2D eigenvalue weighted by atomic mass is 127. The van der Waals surface area contributed by atoms with Crippen molar-refractivity contribution in [1.29, 1.82) is 0 Å². The van der Waals surface area contributed by atoms with Gasteiger partial charge in [-0.3, -0.25) is 14.4 Å². The van der Waals surface area contributed by atoms with Gasteiger partial charge >= 0.3 is 5.97 Å². The fourth-order valence-electron chi connectivity index (χ4n) is 1.75. The number of Topliss-reactive ketones (excluding diaryl/α,β-unsaturated/α-hetero) is 1. The molecule has 0 aliphatic heterocycles. The quantitative estimate of drug-likeness (QED) is 0.372. The van der Waals surface area contributed by atoms with Crippen LogP contribution in [0.25, 0.3) is 0 Å². The molecule has 5 nitrogen and oxygen atoms in total. The van der Waals surface area contributed by atoms with E-state index in [9.17, 15) is 14.4 Å². The Labute approximate surface area is 150 Å². The van der Waals surface area contributed by atoms with Crippen molar-refractivity contribution in [3.63, 3.8) is 0 Å². The van der Waals surface area contributed by atoms with Gasteiger partial charge in [-0.05, 0) is 76.2 Å². The van der Waals surface area contributed by atoms with Crippen LogP contribution < -0.4 is 10.1 Å². The second-order valence-corrected chi connectivity index (χ2v) is 6.87. The maximum atomic E-state index is 11.6. The van der Waals surface area contributed by atoms with Gasteiger partial charge in [0.05, 0.1) is 13.2 Å². The van der Waals surface area contributed by atoms with Gasteiger partial charge in [0.1, 0.15) is 0 Å². The highest BCUT2D eigenvalue weighted by molar-refractivity contribution is 14.1. The van der Waals surface area contributed by atoms with E-state index in [0.29, 0.717) is 12.2 Å². The largest absolute Gasteiger partial charge is 0.424 e. The summed E-state index contributed by atoms with van der Waals surface area (Å²) in [6.45, 7) is 4.18. The summed E-state index contributed by atoms with van der Waals surface area (Å²) in [4.78, 5) is 33.8. The van der Waals surface area contributed by atoms with Crippen LogP contribution in [0.2, 0.25) is 0 Å². The Bertz CT molecular complexity index is 563. The molecule has 0 fully saturated rings. The second kappa shape index (κ2) is 8.06. The number of nitrogens with one attached hydrogen (secondary N) is 1. The Hall–Kier alpha value is -0.710. The monoisotopic (exact) mass is 515 g/mol. The van der Waals surface area contributed by atoms with E-state index in [1.807, 2.05) is 12.1 Å². The van der Waals surface area contributed by atoms with Crippen molar-refractivity contribution in [1.82, 2.24) is 5.32 Å². The van der Waals surface area contributed by atoms with Gasteiger partial charge in [-0.25, -0.2) is 0 Å². The van der Waals surface area contributed by atoms with Gasteiger partial charge in [0.15, 0.2) is 11.5 Å². The van der Waals surface area contributed by atoms with Gasteiger partial charge in [0, 0.05) is 13.8 Å². The van der Waals surface area contributed by atoms with Gasteiger partial charge < -0.3 is 10.1 Å². The van der Waals surface area contributed by atoms with Crippen LogP contribution in [0.5, 0.6) is 5.75 Å². The number of rotatable bonds is 5. The number of ketones is 1. The molecule has 1 rings (SSSR count). The van der Waals surface area contributed by atoms with Crippen LogP contribution in [0.15, 0.2) is 12.1 Å².